The Balaban J connectivity index is 0.909. The molecule has 308 valence electrons. The van der Waals surface area contributed by atoms with Gasteiger partial charge < -0.3 is 9.32 Å². The first-order valence-corrected chi connectivity index (χ1v) is 22.6. The molecule has 13 aromatic rings. The standard InChI is InChI=1S/C64H41NO/c1-3-17-54-45(12-1)35-38-59-55(20-9-22-58(54)59)46-33-36-51(37-34-46)65(53-16-8-14-50(40-53)57-21-10-24-63-64(57)60-19-5-6-23-62(60)66-63)52-15-7-13-48(39-52)42-25-27-43(28-26-42)49-32-31-47-30-29-44-11-2-4-18-56(44)61(47)41-49/h1-41H. The normalized spacial score (nSPS) is 11.6. The van der Waals surface area contributed by atoms with Crippen LogP contribution in [0.15, 0.2) is 253 Å². The number of fused-ring (bicyclic) bond motifs is 9. The van der Waals surface area contributed by atoms with Crippen LogP contribution in [-0.2, 0) is 0 Å². The molecule has 0 unspecified atom stereocenters. The minimum absolute atomic E-state index is 0.890. The number of furan rings is 1. The molecule has 66 heavy (non-hydrogen) atoms. The van der Waals surface area contributed by atoms with E-state index in [1.54, 1.807) is 0 Å². The Hall–Kier alpha value is -8.72. The van der Waals surface area contributed by atoms with E-state index in [4.69, 9.17) is 4.42 Å². The van der Waals surface area contributed by atoms with E-state index in [9.17, 15) is 0 Å². The van der Waals surface area contributed by atoms with Gasteiger partial charge in [-0.25, -0.2) is 0 Å². The number of anilines is 3. The number of para-hydroxylation sites is 1. The quantitative estimate of drug-likeness (QED) is 0.149. The summed E-state index contributed by atoms with van der Waals surface area (Å²) in [6, 6.07) is 90.3. The average molecular weight is 840 g/mol. The Morgan fingerprint density at radius 3 is 1.50 bits per heavy atom. The molecule has 0 spiro atoms. The monoisotopic (exact) mass is 839 g/mol. The summed E-state index contributed by atoms with van der Waals surface area (Å²) in [6.07, 6.45) is 0. The van der Waals surface area contributed by atoms with Crippen molar-refractivity contribution in [2.45, 2.75) is 0 Å². The molecule has 0 aliphatic rings. The Labute approximate surface area is 382 Å². The maximum absolute atomic E-state index is 6.34. The predicted molar refractivity (Wildman–Crippen MR) is 280 cm³/mol. The first kappa shape index (κ1) is 37.8. The van der Waals surface area contributed by atoms with E-state index in [1.165, 1.54) is 65.3 Å². The second-order valence-corrected chi connectivity index (χ2v) is 17.2. The van der Waals surface area contributed by atoms with Crippen LogP contribution in [0.4, 0.5) is 17.1 Å². The molecule has 0 amide bonds. The third-order valence-corrected chi connectivity index (χ3v) is 13.4. The zero-order valence-corrected chi connectivity index (χ0v) is 36.0. The summed E-state index contributed by atoms with van der Waals surface area (Å²) < 4.78 is 6.34. The summed E-state index contributed by atoms with van der Waals surface area (Å²) in [5, 5.41) is 12.4. The third-order valence-electron chi connectivity index (χ3n) is 13.4. The largest absolute Gasteiger partial charge is 0.456 e. The molecule has 0 atom stereocenters. The van der Waals surface area contributed by atoms with E-state index in [0.717, 1.165) is 61.3 Å². The highest BCUT2D eigenvalue weighted by molar-refractivity contribution is 6.14. The third kappa shape index (κ3) is 6.42. The summed E-state index contributed by atoms with van der Waals surface area (Å²) >= 11 is 0. The van der Waals surface area contributed by atoms with Crippen molar-refractivity contribution in [3.8, 4) is 44.5 Å². The van der Waals surface area contributed by atoms with Gasteiger partial charge in [0.2, 0.25) is 0 Å². The molecule has 13 rings (SSSR count). The Morgan fingerprint density at radius 1 is 0.242 bits per heavy atom. The smallest absolute Gasteiger partial charge is 0.136 e. The van der Waals surface area contributed by atoms with Crippen LogP contribution in [-0.4, -0.2) is 0 Å². The van der Waals surface area contributed by atoms with Crippen molar-refractivity contribution in [1.82, 2.24) is 0 Å². The summed E-state index contributed by atoms with van der Waals surface area (Å²) in [6.45, 7) is 0. The van der Waals surface area contributed by atoms with Gasteiger partial charge in [-0.3, -0.25) is 0 Å². The minimum Gasteiger partial charge on any atom is -0.456 e. The molecule has 0 aliphatic carbocycles. The highest BCUT2D eigenvalue weighted by atomic mass is 16.3. The summed E-state index contributed by atoms with van der Waals surface area (Å²) in [4.78, 5) is 2.38. The highest BCUT2D eigenvalue weighted by Gasteiger charge is 2.18. The molecule has 0 bridgehead atoms. The average Bonchev–Trinajstić information content (AvgIpc) is 3.78. The minimum atomic E-state index is 0.890. The van der Waals surface area contributed by atoms with Gasteiger partial charge in [0.25, 0.3) is 0 Å². The summed E-state index contributed by atoms with van der Waals surface area (Å²) in [7, 11) is 0. The number of rotatable bonds is 7. The maximum atomic E-state index is 6.34. The molecule has 12 aromatic carbocycles. The lowest BCUT2D eigenvalue weighted by molar-refractivity contribution is 0.669. The van der Waals surface area contributed by atoms with Crippen LogP contribution < -0.4 is 4.90 Å². The van der Waals surface area contributed by atoms with Crippen LogP contribution in [0, 0.1) is 0 Å². The van der Waals surface area contributed by atoms with E-state index >= 15 is 0 Å². The molecule has 0 aliphatic heterocycles. The highest BCUT2D eigenvalue weighted by Crippen LogP contribution is 2.43. The molecule has 2 nitrogen and oxygen atoms in total. The zero-order valence-electron chi connectivity index (χ0n) is 36.0. The predicted octanol–water partition coefficient (Wildman–Crippen LogP) is 18.3. The number of hydrogen-bond acceptors (Lipinski definition) is 2. The number of hydrogen-bond donors (Lipinski definition) is 0. The molecule has 0 radical (unpaired) electrons. The van der Waals surface area contributed by atoms with Gasteiger partial charge in [0, 0.05) is 27.8 Å². The van der Waals surface area contributed by atoms with Gasteiger partial charge in [-0.2, -0.15) is 0 Å². The van der Waals surface area contributed by atoms with Crippen molar-refractivity contribution in [2.75, 3.05) is 4.90 Å². The van der Waals surface area contributed by atoms with E-state index < -0.39 is 0 Å². The van der Waals surface area contributed by atoms with Crippen LogP contribution in [0.5, 0.6) is 0 Å². The second-order valence-electron chi connectivity index (χ2n) is 17.2. The number of benzene rings is 12. The van der Waals surface area contributed by atoms with E-state index in [-0.39, 0.29) is 0 Å². The molecule has 0 fully saturated rings. The van der Waals surface area contributed by atoms with Gasteiger partial charge in [-0.1, -0.05) is 194 Å². The fourth-order valence-corrected chi connectivity index (χ4v) is 10.2. The molecule has 0 N–H and O–H groups in total. The Bertz CT molecular complexity index is 3990. The van der Waals surface area contributed by atoms with Gasteiger partial charge in [-0.15, -0.1) is 0 Å². The fourth-order valence-electron chi connectivity index (χ4n) is 10.2. The van der Waals surface area contributed by atoms with Crippen LogP contribution in [0.25, 0.3) is 110 Å². The maximum Gasteiger partial charge on any atom is 0.136 e. The first-order chi connectivity index (χ1) is 32.7. The molecule has 0 saturated heterocycles. The Morgan fingerprint density at radius 2 is 0.742 bits per heavy atom. The summed E-state index contributed by atoms with van der Waals surface area (Å²) in [5.41, 5.74) is 14.4. The van der Waals surface area contributed by atoms with Gasteiger partial charge in [0.15, 0.2) is 0 Å². The molecule has 0 saturated carbocycles. The number of nitrogens with zero attached hydrogens (tertiary/aromatic N) is 1. The van der Waals surface area contributed by atoms with Gasteiger partial charge in [0.05, 0.1) is 0 Å². The van der Waals surface area contributed by atoms with E-state index in [2.05, 4.69) is 241 Å². The molecular weight excluding hydrogens is 799 g/mol. The molecule has 1 heterocycles. The van der Waals surface area contributed by atoms with Crippen LogP contribution in [0.2, 0.25) is 0 Å². The van der Waals surface area contributed by atoms with Crippen molar-refractivity contribution in [3.05, 3.63) is 249 Å². The van der Waals surface area contributed by atoms with Crippen molar-refractivity contribution < 1.29 is 4.42 Å². The lowest BCUT2D eigenvalue weighted by atomic mass is 9.94. The second kappa shape index (κ2) is 15.5. The van der Waals surface area contributed by atoms with Crippen molar-refractivity contribution in [2.24, 2.45) is 0 Å². The van der Waals surface area contributed by atoms with Gasteiger partial charge in [-0.05, 0) is 142 Å². The first-order valence-electron chi connectivity index (χ1n) is 22.6. The Kier molecular flexibility index (Phi) is 8.89. The van der Waals surface area contributed by atoms with Gasteiger partial charge in [0.1, 0.15) is 11.2 Å². The lowest BCUT2D eigenvalue weighted by Crippen LogP contribution is -2.10. The molecular formula is C64H41NO. The van der Waals surface area contributed by atoms with Crippen LogP contribution >= 0.6 is 0 Å². The van der Waals surface area contributed by atoms with Crippen LogP contribution in [0.1, 0.15) is 0 Å². The molecule has 2 heteroatoms. The lowest BCUT2D eigenvalue weighted by Gasteiger charge is -2.27. The fraction of sp³-hybridized carbons (Fsp3) is 0. The SMILES string of the molecule is c1cc(-c2ccc(-c3ccc4ccc5ccccc5c4c3)cc2)cc(N(c2ccc(-c3cccc4c3ccc3ccccc34)cc2)c2cccc(-c3cccc4oc5ccccc5c34)c2)c1. The molecule has 1 aromatic heterocycles. The van der Waals surface area contributed by atoms with Gasteiger partial charge >= 0.3 is 0 Å². The van der Waals surface area contributed by atoms with Crippen molar-refractivity contribution >= 4 is 82.1 Å². The van der Waals surface area contributed by atoms with E-state index in [1.807, 2.05) is 12.1 Å². The van der Waals surface area contributed by atoms with Crippen molar-refractivity contribution in [3.63, 3.8) is 0 Å². The summed E-state index contributed by atoms with van der Waals surface area (Å²) in [5.74, 6) is 0. The zero-order chi connectivity index (χ0) is 43.6. The van der Waals surface area contributed by atoms with Crippen LogP contribution in [0.3, 0.4) is 0 Å². The van der Waals surface area contributed by atoms with Crippen molar-refractivity contribution in [1.29, 1.82) is 0 Å². The topological polar surface area (TPSA) is 16.4 Å². The van der Waals surface area contributed by atoms with E-state index in [0.29, 0.717) is 0 Å².